The summed E-state index contributed by atoms with van der Waals surface area (Å²) < 4.78 is 23.4. The number of rotatable bonds is 6. The van der Waals surface area contributed by atoms with Gasteiger partial charge >= 0.3 is 11.9 Å². The number of aliphatic hydroxyl groups excluding tert-OH is 7. The molecule has 15 nitrogen and oxygen atoms in total. The zero-order valence-electron chi connectivity index (χ0n) is 34.3. The number of carbonyl (C=O) groups excluding carboxylic acids is 1. The maximum absolute atomic E-state index is 14.6. The van der Waals surface area contributed by atoms with Crippen LogP contribution >= 0.6 is 0 Å². The lowest BCUT2D eigenvalue weighted by atomic mass is 9.33. The normalized spacial score (nSPS) is 54.6. The van der Waals surface area contributed by atoms with Crippen molar-refractivity contribution in [1.29, 1.82) is 0 Å². The van der Waals surface area contributed by atoms with Gasteiger partial charge in [0.15, 0.2) is 12.4 Å². The van der Waals surface area contributed by atoms with E-state index in [9.17, 15) is 55.5 Å². The van der Waals surface area contributed by atoms with E-state index < -0.39 is 114 Å². The maximum atomic E-state index is 14.6. The Balaban J connectivity index is 1.18. The molecule has 0 spiro atoms. The monoisotopic (exact) mass is 810 g/mol. The molecule has 9 N–H and O–H groups in total. The van der Waals surface area contributed by atoms with Crippen molar-refractivity contribution in [3.8, 4) is 0 Å². The molecule has 0 aromatic carbocycles. The first-order chi connectivity index (χ1) is 26.4. The molecule has 0 unspecified atom stereocenters. The third-order valence-electron chi connectivity index (χ3n) is 17.6. The number of aliphatic carboxylic acids is 1. The van der Waals surface area contributed by atoms with Gasteiger partial charge in [-0.05, 0) is 104 Å². The largest absolute Gasteiger partial charge is 0.479 e. The van der Waals surface area contributed by atoms with Crippen molar-refractivity contribution in [3.63, 3.8) is 0 Å². The molecule has 7 rings (SSSR count). The summed E-state index contributed by atoms with van der Waals surface area (Å²) in [5, 5.41) is 95.0. The van der Waals surface area contributed by atoms with Crippen molar-refractivity contribution in [2.45, 2.75) is 179 Å². The number of allylic oxidation sites excluding steroid dienone is 1. The number of hydrogen-bond acceptors (Lipinski definition) is 14. The zero-order chi connectivity index (χ0) is 42.0. The minimum absolute atomic E-state index is 0.143. The number of ether oxygens (including phenoxy) is 4. The van der Waals surface area contributed by atoms with Crippen LogP contribution in [-0.4, -0.2) is 138 Å². The molecule has 2 saturated heterocycles. The summed E-state index contributed by atoms with van der Waals surface area (Å²) in [7, 11) is 0. The minimum atomic E-state index is -1.81. The Hall–Kier alpha value is -1.76. The Morgan fingerprint density at radius 1 is 0.772 bits per heavy atom. The van der Waals surface area contributed by atoms with Crippen LogP contribution in [-0.2, 0) is 28.5 Å². The lowest BCUT2D eigenvalue weighted by molar-refractivity contribution is -0.324. The second-order valence-electron chi connectivity index (χ2n) is 20.4. The van der Waals surface area contributed by atoms with Gasteiger partial charge in [0.1, 0.15) is 42.7 Å². The molecular formula is C42H66O15. The van der Waals surface area contributed by atoms with Crippen molar-refractivity contribution in [2.75, 3.05) is 6.61 Å². The summed E-state index contributed by atoms with van der Waals surface area (Å²) in [5.41, 5.74) is -2.69. The van der Waals surface area contributed by atoms with Gasteiger partial charge in [-0.15, -0.1) is 0 Å². The molecule has 324 valence electrons. The first-order valence-electron chi connectivity index (χ1n) is 21.0. The molecule has 0 aromatic rings. The van der Waals surface area contributed by atoms with Gasteiger partial charge in [-0.25, -0.2) is 4.79 Å². The first kappa shape index (κ1) is 43.3. The van der Waals surface area contributed by atoms with Crippen LogP contribution in [0.15, 0.2) is 11.6 Å². The average molecular weight is 811 g/mol. The second kappa shape index (κ2) is 14.4. The van der Waals surface area contributed by atoms with Crippen LogP contribution in [0.4, 0.5) is 0 Å². The number of carboxylic acids is 1. The molecule has 0 amide bonds. The van der Waals surface area contributed by atoms with Gasteiger partial charge in [0.25, 0.3) is 0 Å². The van der Waals surface area contributed by atoms with Crippen LogP contribution in [0.2, 0.25) is 0 Å². The van der Waals surface area contributed by atoms with Crippen LogP contribution in [0.1, 0.15) is 106 Å². The maximum Gasteiger partial charge on any atom is 0.335 e. The second-order valence-corrected chi connectivity index (χ2v) is 20.4. The molecule has 57 heavy (non-hydrogen) atoms. The Kier molecular flexibility index (Phi) is 11.0. The van der Waals surface area contributed by atoms with Crippen molar-refractivity contribution >= 4 is 11.9 Å². The Labute approximate surface area is 334 Å². The Morgan fingerprint density at radius 2 is 1.42 bits per heavy atom. The summed E-state index contributed by atoms with van der Waals surface area (Å²) >= 11 is 0. The Bertz CT molecular complexity index is 1600. The molecule has 6 fully saturated rings. The summed E-state index contributed by atoms with van der Waals surface area (Å²) in [6, 6.07) is 0. The number of aliphatic hydroxyl groups is 8. The van der Waals surface area contributed by atoms with E-state index in [1.165, 1.54) is 0 Å². The fraction of sp³-hybridized carbons (Fsp3) is 0.905. The smallest absolute Gasteiger partial charge is 0.335 e. The predicted octanol–water partition coefficient (Wildman–Crippen LogP) is 1.38. The molecule has 5 aliphatic carbocycles. The lowest BCUT2D eigenvalue weighted by Gasteiger charge is -2.72. The van der Waals surface area contributed by atoms with Gasteiger partial charge in [0.2, 0.25) is 6.29 Å². The topological polar surface area (TPSA) is 253 Å². The number of carbonyl (C=O) groups is 2. The highest BCUT2D eigenvalue weighted by Gasteiger charge is 2.72. The fourth-order valence-corrected chi connectivity index (χ4v) is 13.8. The molecule has 0 aromatic heterocycles. The summed E-state index contributed by atoms with van der Waals surface area (Å²) in [6.45, 7) is 14.4. The number of carboxylic acid groups (broad SMARTS) is 1. The van der Waals surface area contributed by atoms with Gasteiger partial charge in [0.05, 0.1) is 23.7 Å². The average Bonchev–Trinajstić information content (AvgIpc) is 3.14. The van der Waals surface area contributed by atoms with Crippen molar-refractivity contribution < 1.29 is 74.5 Å². The number of fused-ring (bicyclic) bond motifs is 7. The molecule has 2 heterocycles. The highest BCUT2D eigenvalue weighted by atomic mass is 16.7. The van der Waals surface area contributed by atoms with Gasteiger partial charge in [0, 0.05) is 5.92 Å². The highest BCUT2D eigenvalue weighted by Crippen LogP contribution is 2.76. The van der Waals surface area contributed by atoms with Crippen molar-refractivity contribution in [1.82, 2.24) is 0 Å². The van der Waals surface area contributed by atoms with E-state index in [1.54, 1.807) is 0 Å². The fourth-order valence-electron chi connectivity index (χ4n) is 13.8. The minimum Gasteiger partial charge on any atom is -0.479 e. The van der Waals surface area contributed by atoms with Crippen LogP contribution < -0.4 is 0 Å². The van der Waals surface area contributed by atoms with E-state index in [1.807, 2.05) is 13.8 Å². The molecule has 2 aliphatic heterocycles. The van der Waals surface area contributed by atoms with Gasteiger partial charge in [-0.2, -0.15) is 0 Å². The number of hydrogen-bond donors (Lipinski definition) is 9. The van der Waals surface area contributed by atoms with E-state index in [2.05, 4.69) is 40.7 Å². The van der Waals surface area contributed by atoms with Crippen LogP contribution in [0, 0.1) is 50.7 Å². The highest BCUT2D eigenvalue weighted by molar-refractivity contribution is 5.79. The van der Waals surface area contributed by atoms with Crippen molar-refractivity contribution in [3.05, 3.63) is 11.6 Å². The lowest BCUT2D eigenvalue weighted by Crippen LogP contribution is -2.68. The standard InChI is InChI=1S/C42H66O15/c1-19-10-15-42(36(52)57-34-29(48)26(45)25(44)21(18-43)54-34)17-16-39(5)20(32(42)41(19,7)53)8-9-23-38(4)13-12-24(37(2,3)22(38)11-14-40(23,39)6)55-35-30(49)27(46)28(47)31(56-35)33(50)51/h8,19,21-32,34-35,43-49,53H,9-18H2,1-7H3,(H,50,51)/t19-,21-,22+,23+,24-,25-,26+,27+,28+,29-,30-,31+,32-,34+,35-,38+,39+,40-,41+,42-/m0/s1. The molecule has 20 atom stereocenters. The van der Waals surface area contributed by atoms with Gasteiger partial charge in [-0.3, -0.25) is 4.79 Å². The first-order valence-corrected chi connectivity index (χ1v) is 21.0. The van der Waals surface area contributed by atoms with Crippen LogP contribution in [0.5, 0.6) is 0 Å². The third-order valence-corrected chi connectivity index (χ3v) is 17.6. The molecular weight excluding hydrogens is 744 g/mol. The van der Waals surface area contributed by atoms with Gasteiger partial charge < -0.3 is 64.9 Å². The number of esters is 1. The summed E-state index contributed by atoms with van der Waals surface area (Å²) in [4.78, 5) is 26.4. The predicted molar refractivity (Wildman–Crippen MR) is 199 cm³/mol. The van der Waals surface area contributed by atoms with E-state index >= 15 is 0 Å². The Morgan fingerprint density at radius 3 is 2.07 bits per heavy atom. The molecule has 0 radical (unpaired) electrons. The van der Waals surface area contributed by atoms with E-state index in [0.29, 0.717) is 38.5 Å². The molecule has 0 bridgehead atoms. The van der Waals surface area contributed by atoms with Crippen molar-refractivity contribution in [2.24, 2.45) is 50.7 Å². The molecule has 4 saturated carbocycles. The zero-order valence-corrected chi connectivity index (χ0v) is 34.3. The van der Waals surface area contributed by atoms with Gasteiger partial charge in [-0.1, -0.05) is 53.2 Å². The van der Waals surface area contributed by atoms with Crippen LogP contribution in [0.3, 0.4) is 0 Å². The summed E-state index contributed by atoms with van der Waals surface area (Å²) in [5.74, 6) is -2.49. The van der Waals surface area contributed by atoms with E-state index in [-0.39, 0.29) is 28.6 Å². The summed E-state index contributed by atoms with van der Waals surface area (Å²) in [6.07, 6.45) is -8.63. The van der Waals surface area contributed by atoms with E-state index in [0.717, 1.165) is 24.8 Å². The molecule has 7 aliphatic rings. The van der Waals surface area contributed by atoms with E-state index in [4.69, 9.17) is 18.9 Å². The quantitative estimate of drug-likeness (QED) is 0.104. The SMILES string of the molecule is C[C@H]1CC[C@]2(C(=O)O[C@H]3O[C@@H](CO)[C@H](O)[C@@H](O)[C@@H]3O)CC[C@]3(C)C(=CC[C@@H]4[C@]5(C)CC[C@H](O[C@H]6O[C@@H](C(=O)O)[C@H](O)[C@@H](O)[C@@H]6O)C(C)(C)[C@H]5CC[C@@]43C)[C@H]2[C@]1(C)O. The third kappa shape index (κ3) is 6.14. The van der Waals surface area contributed by atoms with Crippen LogP contribution in [0.25, 0.3) is 0 Å². The molecule has 15 heteroatoms.